The van der Waals surface area contributed by atoms with Crippen LogP contribution in [0.3, 0.4) is 0 Å². The zero-order valence-corrected chi connectivity index (χ0v) is 22.1. The molecule has 1 fully saturated rings. The van der Waals surface area contributed by atoms with Crippen molar-refractivity contribution in [2.24, 2.45) is 5.92 Å². The van der Waals surface area contributed by atoms with E-state index in [2.05, 4.69) is 20.6 Å². The standard InChI is InChI=1S/C27H31N5O5S/c1-18(2)17-21(30-26(34)20-11-7-9-19-10-8-15-29-24(19)20)27(35)31-25-22(33)12-4-6-16-32(25)38(36,37)23-13-3-5-14-28-23/h3,5,7-11,13-15,18,21,25H,4,6,12,16-17H2,1-2H3,(H,30,34)(H,31,35)/t21?,25-/m0/s1. The van der Waals surface area contributed by atoms with Crippen molar-refractivity contribution in [3.63, 3.8) is 0 Å². The van der Waals surface area contributed by atoms with Crippen LogP contribution in [-0.4, -0.2) is 59.0 Å². The molecule has 1 aromatic carbocycles. The van der Waals surface area contributed by atoms with Gasteiger partial charge in [0.2, 0.25) is 5.91 Å². The minimum Gasteiger partial charge on any atom is -0.340 e. The normalized spacial score (nSPS) is 17.7. The van der Waals surface area contributed by atoms with Crippen molar-refractivity contribution < 1.29 is 22.8 Å². The predicted octanol–water partition coefficient (Wildman–Crippen LogP) is 2.66. The van der Waals surface area contributed by atoms with E-state index in [1.807, 2.05) is 26.0 Å². The summed E-state index contributed by atoms with van der Waals surface area (Å²) in [6, 6.07) is 12.3. The fourth-order valence-corrected chi connectivity index (χ4v) is 5.99. The maximum absolute atomic E-state index is 13.5. The first kappa shape index (κ1) is 27.3. The molecule has 2 atom stereocenters. The number of nitrogens with zero attached hydrogens (tertiary/aromatic N) is 3. The molecular formula is C27H31N5O5S. The highest BCUT2D eigenvalue weighted by Crippen LogP contribution is 2.22. The number of hydrogen-bond acceptors (Lipinski definition) is 7. The molecule has 0 bridgehead atoms. The Balaban J connectivity index is 1.60. The summed E-state index contributed by atoms with van der Waals surface area (Å²) in [4.78, 5) is 48.1. The van der Waals surface area contributed by atoms with Crippen LogP contribution in [0.5, 0.6) is 0 Å². The molecule has 2 amide bonds. The van der Waals surface area contributed by atoms with E-state index in [0.717, 1.165) is 9.69 Å². The molecule has 2 N–H and O–H groups in total. The summed E-state index contributed by atoms with van der Waals surface area (Å²) in [6.45, 7) is 3.86. The number of nitrogens with one attached hydrogen (secondary N) is 2. The second-order valence-corrected chi connectivity index (χ2v) is 11.5. The lowest BCUT2D eigenvalue weighted by Crippen LogP contribution is -2.58. The molecule has 0 spiro atoms. The van der Waals surface area contributed by atoms with Crippen molar-refractivity contribution in [3.05, 3.63) is 66.5 Å². The average Bonchev–Trinajstić information content (AvgIpc) is 3.09. The predicted molar refractivity (Wildman–Crippen MR) is 141 cm³/mol. The number of sulfonamides is 1. The number of ketones is 1. The van der Waals surface area contributed by atoms with Crippen molar-refractivity contribution in [3.8, 4) is 0 Å². The van der Waals surface area contributed by atoms with Gasteiger partial charge in [-0.1, -0.05) is 38.1 Å². The molecule has 1 aliphatic heterocycles. The Bertz CT molecular complexity index is 1420. The molecular weight excluding hydrogens is 506 g/mol. The number of aromatic nitrogens is 2. The summed E-state index contributed by atoms with van der Waals surface area (Å²) in [5, 5.41) is 5.99. The van der Waals surface area contributed by atoms with Crippen LogP contribution < -0.4 is 10.6 Å². The number of Topliss-reactive ketones (excluding diaryl/α,β-unsaturated/α-hetero) is 1. The molecule has 0 radical (unpaired) electrons. The monoisotopic (exact) mass is 537 g/mol. The van der Waals surface area contributed by atoms with Gasteiger partial charge in [0, 0.05) is 30.7 Å². The second-order valence-electron chi connectivity index (χ2n) is 9.65. The molecule has 1 saturated heterocycles. The van der Waals surface area contributed by atoms with Crippen LogP contribution in [0.4, 0.5) is 0 Å². The number of para-hydroxylation sites is 1. The quantitative estimate of drug-likeness (QED) is 0.450. The van der Waals surface area contributed by atoms with Crippen molar-refractivity contribution in [2.75, 3.05) is 6.54 Å². The summed E-state index contributed by atoms with van der Waals surface area (Å²) in [5.74, 6) is -1.51. The highest BCUT2D eigenvalue weighted by atomic mass is 32.2. The first-order chi connectivity index (χ1) is 18.2. The highest BCUT2D eigenvalue weighted by Gasteiger charge is 2.39. The van der Waals surface area contributed by atoms with Crippen LogP contribution in [0.15, 0.2) is 66.0 Å². The van der Waals surface area contributed by atoms with Crippen molar-refractivity contribution >= 4 is 38.5 Å². The third-order valence-electron chi connectivity index (χ3n) is 6.34. The Hall–Kier alpha value is -3.70. The van der Waals surface area contributed by atoms with Gasteiger partial charge < -0.3 is 10.6 Å². The smallest absolute Gasteiger partial charge is 0.262 e. The number of rotatable bonds is 8. The Labute approximate surface area is 221 Å². The first-order valence-electron chi connectivity index (χ1n) is 12.6. The van der Waals surface area contributed by atoms with E-state index in [4.69, 9.17) is 0 Å². The maximum Gasteiger partial charge on any atom is 0.262 e. The van der Waals surface area contributed by atoms with Crippen LogP contribution in [0.2, 0.25) is 0 Å². The van der Waals surface area contributed by atoms with Crippen molar-refractivity contribution in [1.82, 2.24) is 24.9 Å². The maximum atomic E-state index is 13.5. The van der Waals surface area contributed by atoms with Gasteiger partial charge in [-0.25, -0.2) is 13.4 Å². The van der Waals surface area contributed by atoms with Gasteiger partial charge in [0.1, 0.15) is 6.04 Å². The van der Waals surface area contributed by atoms with Gasteiger partial charge in [0.25, 0.3) is 15.9 Å². The van der Waals surface area contributed by atoms with Crippen molar-refractivity contribution in [2.45, 2.75) is 56.8 Å². The number of benzene rings is 1. The third kappa shape index (κ3) is 6.05. The summed E-state index contributed by atoms with van der Waals surface area (Å²) in [6.07, 6.45) is 2.92. The number of carbonyl (C=O) groups is 3. The zero-order chi connectivity index (χ0) is 27.3. The second kappa shape index (κ2) is 11.8. The molecule has 4 rings (SSSR count). The fraction of sp³-hybridized carbons (Fsp3) is 0.370. The molecule has 2 aromatic heterocycles. The summed E-state index contributed by atoms with van der Waals surface area (Å²) >= 11 is 0. The van der Waals surface area contributed by atoms with Gasteiger partial charge in [0.15, 0.2) is 17.0 Å². The van der Waals surface area contributed by atoms with E-state index in [1.54, 1.807) is 36.5 Å². The third-order valence-corrected chi connectivity index (χ3v) is 8.12. The van der Waals surface area contributed by atoms with Gasteiger partial charge in [-0.05, 0) is 49.4 Å². The zero-order valence-electron chi connectivity index (χ0n) is 21.3. The topological polar surface area (TPSA) is 138 Å². The lowest BCUT2D eigenvalue weighted by molar-refractivity contribution is -0.131. The number of amides is 2. The Kier molecular flexibility index (Phi) is 8.48. The molecule has 11 heteroatoms. The number of fused-ring (bicyclic) bond motifs is 1. The van der Waals surface area contributed by atoms with Gasteiger partial charge >= 0.3 is 0 Å². The van der Waals surface area contributed by atoms with Gasteiger partial charge in [-0.3, -0.25) is 19.4 Å². The molecule has 0 aliphatic carbocycles. The number of pyridine rings is 2. The van der Waals surface area contributed by atoms with E-state index < -0.39 is 39.8 Å². The highest BCUT2D eigenvalue weighted by molar-refractivity contribution is 7.89. The first-order valence-corrected chi connectivity index (χ1v) is 14.0. The SMILES string of the molecule is CC(C)CC(NC(=O)c1cccc2cccnc12)C(=O)N[C@@H]1C(=O)CCCCN1S(=O)(=O)c1ccccn1. The van der Waals surface area contributed by atoms with Crippen LogP contribution in [-0.2, 0) is 19.6 Å². The minimum absolute atomic E-state index is 0.0230. The Morgan fingerprint density at radius 2 is 1.79 bits per heavy atom. The van der Waals surface area contributed by atoms with E-state index in [0.29, 0.717) is 23.9 Å². The molecule has 1 aliphatic rings. The van der Waals surface area contributed by atoms with Crippen molar-refractivity contribution in [1.29, 1.82) is 0 Å². The largest absolute Gasteiger partial charge is 0.340 e. The number of hydrogen-bond donors (Lipinski definition) is 2. The van der Waals surface area contributed by atoms with Gasteiger partial charge in [-0.15, -0.1) is 0 Å². The lowest BCUT2D eigenvalue weighted by Gasteiger charge is -2.30. The molecule has 3 aromatic rings. The van der Waals surface area contributed by atoms with Crippen LogP contribution >= 0.6 is 0 Å². The van der Waals surface area contributed by atoms with Crippen LogP contribution in [0.25, 0.3) is 10.9 Å². The Morgan fingerprint density at radius 1 is 1.03 bits per heavy atom. The summed E-state index contributed by atoms with van der Waals surface area (Å²) < 4.78 is 27.8. The minimum atomic E-state index is -4.16. The average molecular weight is 538 g/mol. The van der Waals surface area contributed by atoms with E-state index in [-0.39, 0.29) is 30.3 Å². The van der Waals surface area contributed by atoms with E-state index in [1.165, 1.54) is 12.3 Å². The summed E-state index contributed by atoms with van der Waals surface area (Å²) in [7, 11) is -4.16. The molecule has 10 nitrogen and oxygen atoms in total. The fourth-order valence-electron chi connectivity index (χ4n) is 4.49. The molecule has 200 valence electrons. The molecule has 0 saturated carbocycles. The molecule has 1 unspecified atom stereocenters. The molecule has 3 heterocycles. The lowest BCUT2D eigenvalue weighted by atomic mass is 10.0. The van der Waals surface area contributed by atoms with Crippen LogP contribution in [0, 0.1) is 5.92 Å². The van der Waals surface area contributed by atoms with E-state index >= 15 is 0 Å². The Morgan fingerprint density at radius 3 is 2.53 bits per heavy atom. The van der Waals surface area contributed by atoms with Gasteiger partial charge in [0.05, 0.1) is 11.1 Å². The van der Waals surface area contributed by atoms with E-state index in [9.17, 15) is 22.8 Å². The van der Waals surface area contributed by atoms with Gasteiger partial charge in [-0.2, -0.15) is 4.31 Å². The molecule has 38 heavy (non-hydrogen) atoms. The summed E-state index contributed by atoms with van der Waals surface area (Å²) in [5.41, 5.74) is 0.817. The van der Waals surface area contributed by atoms with Crippen LogP contribution in [0.1, 0.15) is 49.9 Å². The number of carbonyl (C=O) groups excluding carboxylic acids is 3.